The normalized spacial score (nSPS) is 13.8. The summed E-state index contributed by atoms with van der Waals surface area (Å²) in [6.45, 7) is 5.94. The van der Waals surface area contributed by atoms with Crippen LogP contribution in [0.15, 0.2) is 28.7 Å². The molecule has 1 fully saturated rings. The lowest BCUT2D eigenvalue weighted by molar-refractivity contribution is -0.131. The smallest absolute Gasteiger partial charge is 0.223 e. The van der Waals surface area contributed by atoms with Crippen LogP contribution < -0.4 is 0 Å². The molecule has 5 nitrogen and oxygen atoms in total. The number of hydrogen-bond acceptors (Lipinski definition) is 4. The van der Waals surface area contributed by atoms with Gasteiger partial charge in [0, 0.05) is 25.9 Å². The molecule has 1 heterocycles. The van der Waals surface area contributed by atoms with E-state index in [1.165, 1.54) is 18.4 Å². The molecule has 1 amide bonds. The van der Waals surface area contributed by atoms with Gasteiger partial charge in [0.1, 0.15) is 0 Å². The van der Waals surface area contributed by atoms with Crippen molar-refractivity contribution in [2.45, 2.75) is 52.4 Å². The van der Waals surface area contributed by atoms with Crippen molar-refractivity contribution < 1.29 is 9.21 Å². The first-order chi connectivity index (χ1) is 12.1. The Balaban J connectivity index is 1.51. The summed E-state index contributed by atoms with van der Waals surface area (Å²) in [7, 11) is 0. The summed E-state index contributed by atoms with van der Waals surface area (Å²) in [6.07, 6.45) is 5.12. The van der Waals surface area contributed by atoms with E-state index >= 15 is 0 Å². The quantitative estimate of drug-likeness (QED) is 0.700. The molecular formula is C20H27N3O2. The first-order valence-electron chi connectivity index (χ1n) is 9.28. The molecule has 0 bridgehead atoms. The first kappa shape index (κ1) is 17.6. The van der Waals surface area contributed by atoms with Crippen molar-refractivity contribution in [3.63, 3.8) is 0 Å². The van der Waals surface area contributed by atoms with Gasteiger partial charge in [0.15, 0.2) is 0 Å². The molecule has 1 aliphatic carbocycles. The Kier molecular flexibility index (Phi) is 5.84. The average molecular weight is 341 g/mol. The van der Waals surface area contributed by atoms with Crippen molar-refractivity contribution in [2.24, 2.45) is 5.92 Å². The fraction of sp³-hybridized carbons (Fsp3) is 0.550. The third-order valence-electron chi connectivity index (χ3n) is 4.52. The Bertz CT molecular complexity index is 706. The van der Waals surface area contributed by atoms with E-state index in [4.69, 9.17) is 4.42 Å². The summed E-state index contributed by atoms with van der Waals surface area (Å²) < 4.78 is 5.72. The molecule has 1 aliphatic rings. The fourth-order valence-corrected chi connectivity index (χ4v) is 3.03. The number of benzene rings is 1. The highest BCUT2D eigenvalue weighted by Gasteiger charge is 2.26. The van der Waals surface area contributed by atoms with Crippen molar-refractivity contribution in [3.8, 4) is 0 Å². The molecule has 1 aromatic carbocycles. The average Bonchev–Trinajstić information content (AvgIpc) is 3.30. The maximum Gasteiger partial charge on any atom is 0.223 e. The molecule has 3 rings (SSSR count). The number of hydrogen-bond donors (Lipinski definition) is 0. The van der Waals surface area contributed by atoms with Crippen LogP contribution >= 0.6 is 0 Å². The molecule has 0 atom stereocenters. The number of rotatable bonds is 9. The molecule has 0 aliphatic heterocycles. The van der Waals surface area contributed by atoms with Crippen LogP contribution in [0.4, 0.5) is 0 Å². The van der Waals surface area contributed by atoms with E-state index in [0.29, 0.717) is 31.0 Å². The van der Waals surface area contributed by atoms with E-state index in [1.807, 2.05) is 11.0 Å². The van der Waals surface area contributed by atoms with Crippen LogP contribution in [0.3, 0.4) is 0 Å². The number of aromatic nitrogens is 2. The van der Waals surface area contributed by atoms with Crippen molar-refractivity contribution in [3.05, 3.63) is 47.2 Å². The van der Waals surface area contributed by atoms with Gasteiger partial charge >= 0.3 is 0 Å². The second kappa shape index (κ2) is 8.28. The van der Waals surface area contributed by atoms with Gasteiger partial charge in [-0.2, -0.15) is 0 Å². The summed E-state index contributed by atoms with van der Waals surface area (Å²) in [5, 5.41) is 8.22. The molecule has 25 heavy (non-hydrogen) atoms. The van der Waals surface area contributed by atoms with Crippen LogP contribution in [0.1, 0.15) is 55.5 Å². The Hall–Kier alpha value is -2.17. The lowest BCUT2D eigenvalue weighted by Crippen LogP contribution is -2.33. The van der Waals surface area contributed by atoms with Gasteiger partial charge in [0.25, 0.3) is 0 Å². The number of carbonyl (C=O) groups excluding carboxylic acids is 1. The van der Waals surface area contributed by atoms with Crippen LogP contribution in [0, 0.1) is 12.8 Å². The van der Waals surface area contributed by atoms with Gasteiger partial charge in [-0.05, 0) is 37.7 Å². The summed E-state index contributed by atoms with van der Waals surface area (Å²) >= 11 is 0. The van der Waals surface area contributed by atoms with E-state index in [2.05, 4.69) is 42.2 Å². The highest BCUT2D eigenvalue weighted by molar-refractivity contribution is 5.76. The molecule has 5 heteroatoms. The van der Waals surface area contributed by atoms with Gasteiger partial charge in [-0.3, -0.25) is 4.79 Å². The van der Waals surface area contributed by atoms with Crippen LogP contribution in [-0.2, 0) is 17.6 Å². The molecule has 0 spiro atoms. The molecule has 0 N–H and O–H groups in total. The van der Waals surface area contributed by atoms with Gasteiger partial charge in [-0.25, -0.2) is 0 Å². The fourth-order valence-electron chi connectivity index (χ4n) is 3.03. The van der Waals surface area contributed by atoms with E-state index in [-0.39, 0.29) is 5.91 Å². The maximum absolute atomic E-state index is 12.4. The van der Waals surface area contributed by atoms with Gasteiger partial charge in [0.05, 0.1) is 6.42 Å². The van der Waals surface area contributed by atoms with Gasteiger partial charge < -0.3 is 9.32 Å². The summed E-state index contributed by atoms with van der Waals surface area (Å²) in [6, 6.07) is 8.27. The van der Waals surface area contributed by atoms with E-state index < -0.39 is 0 Å². The zero-order valence-electron chi connectivity index (χ0n) is 15.2. The molecular weight excluding hydrogens is 314 g/mol. The predicted octanol–water partition coefficient (Wildman–Crippen LogP) is 3.55. The molecule has 0 unspecified atom stereocenters. The number of carbonyl (C=O) groups is 1. The number of aryl methyl sites for hydroxylation is 2. The Morgan fingerprint density at radius 1 is 1.28 bits per heavy atom. The van der Waals surface area contributed by atoms with Crippen LogP contribution in [0.2, 0.25) is 0 Å². The highest BCUT2D eigenvalue weighted by atomic mass is 16.4. The largest absolute Gasteiger partial charge is 0.425 e. The minimum absolute atomic E-state index is 0.201. The molecule has 1 saturated carbocycles. The third kappa shape index (κ3) is 5.41. The Morgan fingerprint density at radius 3 is 2.80 bits per heavy atom. The lowest BCUT2D eigenvalue weighted by Gasteiger charge is -2.21. The maximum atomic E-state index is 12.4. The van der Waals surface area contributed by atoms with Crippen molar-refractivity contribution in [1.82, 2.24) is 15.1 Å². The van der Waals surface area contributed by atoms with Crippen LogP contribution in [0.5, 0.6) is 0 Å². The van der Waals surface area contributed by atoms with Crippen molar-refractivity contribution in [2.75, 3.05) is 13.1 Å². The monoisotopic (exact) mass is 341 g/mol. The third-order valence-corrected chi connectivity index (χ3v) is 4.52. The molecule has 2 aromatic rings. The number of amides is 1. The molecule has 0 radical (unpaired) electrons. The summed E-state index contributed by atoms with van der Waals surface area (Å²) in [4.78, 5) is 14.4. The Morgan fingerprint density at radius 2 is 2.08 bits per heavy atom. The van der Waals surface area contributed by atoms with E-state index in [1.54, 1.807) is 0 Å². The van der Waals surface area contributed by atoms with Gasteiger partial charge in [-0.1, -0.05) is 36.8 Å². The zero-order valence-corrected chi connectivity index (χ0v) is 15.2. The number of nitrogens with zero attached hydrogens (tertiary/aromatic N) is 3. The second-order valence-corrected chi connectivity index (χ2v) is 7.04. The molecule has 0 saturated heterocycles. The molecule has 134 valence electrons. The SMILES string of the molecule is CCCN(CC1CC1)C(=O)CCc1nnc(Cc2cccc(C)c2)o1. The first-order valence-corrected chi connectivity index (χ1v) is 9.28. The molecule has 1 aromatic heterocycles. The lowest BCUT2D eigenvalue weighted by atomic mass is 10.1. The summed E-state index contributed by atoms with van der Waals surface area (Å²) in [5.41, 5.74) is 2.37. The van der Waals surface area contributed by atoms with Crippen molar-refractivity contribution >= 4 is 5.91 Å². The predicted molar refractivity (Wildman–Crippen MR) is 96.2 cm³/mol. The Labute approximate surface area is 149 Å². The highest BCUT2D eigenvalue weighted by Crippen LogP contribution is 2.30. The summed E-state index contributed by atoms with van der Waals surface area (Å²) in [5.74, 6) is 2.09. The minimum atomic E-state index is 0.201. The standard InChI is InChI=1S/C20H27N3O2/c1-3-11-23(14-16-7-8-16)20(24)10-9-18-21-22-19(25-18)13-17-6-4-5-15(2)12-17/h4-6,12,16H,3,7-11,13-14H2,1-2H3. The van der Waals surface area contributed by atoms with E-state index in [9.17, 15) is 4.79 Å². The van der Waals surface area contributed by atoms with Crippen LogP contribution in [0.25, 0.3) is 0 Å². The van der Waals surface area contributed by atoms with Gasteiger partial charge in [-0.15, -0.1) is 10.2 Å². The topological polar surface area (TPSA) is 59.2 Å². The minimum Gasteiger partial charge on any atom is -0.425 e. The second-order valence-electron chi connectivity index (χ2n) is 7.04. The van der Waals surface area contributed by atoms with Crippen LogP contribution in [-0.4, -0.2) is 34.1 Å². The zero-order chi connectivity index (χ0) is 17.6. The van der Waals surface area contributed by atoms with Crippen molar-refractivity contribution in [1.29, 1.82) is 0 Å². The van der Waals surface area contributed by atoms with Gasteiger partial charge in [0.2, 0.25) is 17.7 Å². The van der Waals surface area contributed by atoms with E-state index in [0.717, 1.165) is 31.0 Å².